The smallest absolute Gasteiger partial charge is 0.308 e. The maximum absolute atomic E-state index is 12.4. The SMILES string of the molecule is Cc1c(C#N)c(NC(=O)COC(=O)CCNC(=O)c2cccs2)n(-c2ccccc2)c1C. The number of benzene rings is 1. The summed E-state index contributed by atoms with van der Waals surface area (Å²) >= 11 is 1.30. The molecular formula is C23H22N4O4S. The summed E-state index contributed by atoms with van der Waals surface area (Å²) < 4.78 is 6.80. The molecule has 2 aromatic heterocycles. The van der Waals surface area contributed by atoms with E-state index >= 15 is 0 Å². The zero-order chi connectivity index (χ0) is 23.1. The number of ether oxygens (including phenoxy) is 1. The molecule has 0 saturated carbocycles. The summed E-state index contributed by atoms with van der Waals surface area (Å²) in [7, 11) is 0. The van der Waals surface area contributed by atoms with Crippen LogP contribution >= 0.6 is 11.3 Å². The molecule has 0 saturated heterocycles. The van der Waals surface area contributed by atoms with Crippen LogP contribution in [0.2, 0.25) is 0 Å². The van der Waals surface area contributed by atoms with Gasteiger partial charge in [-0.2, -0.15) is 5.26 Å². The summed E-state index contributed by atoms with van der Waals surface area (Å²) in [5, 5.41) is 16.7. The number of aromatic nitrogens is 1. The summed E-state index contributed by atoms with van der Waals surface area (Å²) in [6.07, 6.45) is -0.0630. The third-order valence-corrected chi connectivity index (χ3v) is 5.69. The fraction of sp³-hybridized carbons (Fsp3) is 0.217. The monoisotopic (exact) mass is 450 g/mol. The number of amides is 2. The van der Waals surface area contributed by atoms with Gasteiger partial charge in [0.15, 0.2) is 6.61 Å². The molecule has 2 heterocycles. The Morgan fingerprint density at radius 1 is 1.12 bits per heavy atom. The van der Waals surface area contributed by atoms with E-state index < -0.39 is 18.5 Å². The van der Waals surface area contributed by atoms with Crippen molar-refractivity contribution in [2.75, 3.05) is 18.5 Å². The molecular weight excluding hydrogens is 428 g/mol. The zero-order valence-electron chi connectivity index (χ0n) is 17.7. The van der Waals surface area contributed by atoms with Crippen molar-refractivity contribution in [1.82, 2.24) is 9.88 Å². The molecule has 3 rings (SSSR count). The van der Waals surface area contributed by atoms with Gasteiger partial charge in [0, 0.05) is 17.9 Å². The number of rotatable bonds is 8. The second kappa shape index (κ2) is 10.4. The average molecular weight is 451 g/mol. The second-order valence-electron chi connectivity index (χ2n) is 6.91. The van der Waals surface area contributed by atoms with E-state index in [4.69, 9.17) is 4.74 Å². The highest BCUT2D eigenvalue weighted by atomic mass is 32.1. The first-order valence-corrected chi connectivity index (χ1v) is 10.7. The van der Waals surface area contributed by atoms with Crippen LogP contribution < -0.4 is 10.6 Å². The van der Waals surface area contributed by atoms with Crippen LogP contribution in [0.1, 0.15) is 32.9 Å². The number of hydrogen-bond donors (Lipinski definition) is 2. The summed E-state index contributed by atoms with van der Waals surface area (Å²) in [6, 6.07) is 14.9. The molecule has 8 nitrogen and oxygen atoms in total. The lowest BCUT2D eigenvalue weighted by atomic mass is 10.2. The first-order chi connectivity index (χ1) is 15.4. The molecule has 164 valence electrons. The molecule has 1 aromatic carbocycles. The number of hydrogen-bond acceptors (Lipinski definition) is 6. The van der Waals surface area contributed by atoms with E-state index in [9.17, 15) is 19.6 Å². The standard InChI is InChI=1S/C23H22N4O4S/c1-15-16(2)27(17-7-4-3-5-8-17)22(18(15)13-24)26-20(28)14-31-21(29)10-11-25-23(30)19-9-6-12-32-19/h3-9,12H,10-11,14H2,1-2H3,(H,25,30)(H,26,28). The second-order valence-corrected chi connectivity index (χ2v) is 7.86. The number of esters is 1. The largest absolute Gasteiger partial charge is 0.456 e. The Hall–Kier alpha value is -3.90. The molecule has 0 fully saturated rings. The molecule has 0 atom stereocenters. The van der Waals surface area contributed by atoms with Gasteiger partial charge in [-0.3, -0.25) is 19.0 Å². The Labute approximate surface area is 189 Å². The van der Waals surface area contributed by atoms with Gasteiger partial charge in [0.1, 0.15) is 11.9 Å². The first kappa shape index (κ1) is 22.8. The number of nitrogens with zero attached hydrogens (tertiary/aromatic N) is 2. The van der Waals surface area contributed by atoms with Crippen molar-refractivity contribution in [3.63, 3.8) is 0 Å². The van der Waals surface area contributed by atoms with Crippen molar-refractivity contribution < 1.29 is 19.1 Å². The van der Waals surface area contributed by atoms with Crippen LogP contribution in [0.5, 0.6) is 0 Å². The van der Waals surface area contributed by atoms with E-state index in [1.807, 2.05) is 44.2 Å². The van der Waals surface area contributed by atoms with Crippen molar-refractivity contribution in [2.45, 2.75) is 20.3 Å². The van der Waals surface area contributed by atoms with Crippen LogP contribution in [0.3, 0.4) is 0 Å². The maximum atomic E-state index is 12.4. The van der Waals surface area contributed by atoms with Crippen LogP contribution in [0.4, 0.5) is 5.82 Å². The molecule has 0 radical (unpaired) electrons. The van der Waals surface area contributed by atoms with E-state index in [2.05, 4.69) is 16.7 Å². The number of carbonyl (C=O) groups excluding carboxylic acids is 3. The first-order valence-electron chi connectivity index (χ1n) is 9.87. The maximum Gasteiger partial charge on any atom is 0.308 e. The van der Waals surface area contributed by atoms with Crippen LogP contribution in [-0.4, -0.2) is 35.5 Å². The number of anilines is 1. The third-order valence-electron chi connectivity index (χ3n) is 4.82. The molecule has 9 heteroatoms. The van der Waals surface area contributed by atoms with Gasteiger partial charge in [-0.1, -0.05) is 24.3 Å². The number of carbonyl (C=O) groups is 3. The van der Waals surface area contributed by atoms with Gasteiger partial charge in [0.2, 0.25) is 0 Å². The fourth-order valence-electron chi connectivity index (χ4n) is 3.12. The van der Waals surface area contributed by atoms with Crippen molar-refractivity contribution in [2.24, 2.45) is 0 Å². The lowest BCUT2D eigenvalue weighted by Gasteiger charge is -2.13. The molecule has 0 unspecified atom stereocenters. The summed E-state index contributed by atoms with van der Waals surface area (Å²) in [6.45, 7) is 3.28. The van der Waals surface area contributed by atoms with Crippen molar-refractivity contribution in [3.05, 3.63) is 69.5 Å². The van der Waals surface area contributed by atoms with Gasteiger partial charge in [-0.25, -0.2) is 0 Å². The summed E-state index contributed by atoms with van der Waals surface area (Å²) in [5.41, 5.74) is 2.72. The highest BCUT2D eigenvalue weighted by molar-refractivity contribution is 7.12. The number of thiophene rings is 1. The minimum atomic E-state index is -0.613. The third kappa shape index (κ3) is 5.22. The van der Waals surface area contributed by atoms with Crippen LogP contribution in [0.25, 0.3) is 5.69 Å². The molecule has 0 aliphatic rings. The quantitative estimate of drug-likeness (QED) is 0.511. The minimum absolute atomic E-state index is 0.0630. The van der Waals surface area contributed by atoms with Crippen LogP contribution in [-0.2, 0) is 14.3 Å². The van der Waals surface area contributed by atoms with Crippen LogP contribution in [0, 0.1) is 25.2 Å². The van der Waals surface area contributed by atoms with E-state index in [-0.39, 0.29) is 18.9 Å². The van der Waals surface area contributed by atoms with Gasteiger partial charge in [0.25, 0.3) is 11.8 Å². The van der Waals surface area contributed by atoms with E-state index in [0.717, 1.165) is 16.9 Å². The Bertz CT molecular complexity index is 1160. The lowest BCUT2D eigenvalue weighted by Crippen LogP contribution is -2.27. The topological polar surface area (TPSA) is 113 Å². The molecule has 0 spiro atoms. The molecule has 0 aliphatic carbocycles. The molecule has 2 amide bonds. The van der Waals surface area contributed by atoms with Gasteiger partial charge in [-0.15, -0.1) is 11.3 Å². The van der Waals surface area contributed by atoms with Gasteiger partial charge in [0.05, 0.1) is 16.9 Å². The van der Waals surface area contributed by atoms with E-state index in [0.29, 0.717) is 16.3 Å². The van der Waals surface area contributed by atoms with Gasteiger partial charge in [-0.05, 0) is 43.0 Å². The Kier molecular flexibility index (Phi) is 7.41. The fourth-order valence-corrected chi connectivity index (χ4v) is 3.76. The predicted octanol–water partition coefficient (Wildman–Crippen LogP) is 3.33. The van der Waals surface area contributed by atoms with Gasteiger partial charge < -0.3 is 15.4 Å². The predicted molar refractivity (Wildman–Crippen MR) is 121 cm³/mol. The van der Waals surface area contributed by atoms with E-state index in [1.165, 1.54) is 11.3 Å². The van der Waals surface area contributed by atoms with E-state index in [1.54, 1.807) is 22.1 Å². The Balaban J connectivity index is 1.58. The van der Waals surface area contributed by atoms with Gasteiger partial charge >= 0.3 is 5.97 Å². The van der Waals surface area contributed by atoms with Crippen molar-refractivity contribution >= 4 is 34.9 Å². The van der Waals surface area contributed by atoms with Crippen molar-refractivity contribution in [3.8, 4) is 11.8 Å². The zero-order valence-corrected chi connectivity index (χ0v) is 18.5. The highest BCUT2D eigenvalue weighted by Gasteiger charge is 2.21. The lowest BCUT2D eigenvalue weighted by molar-refractivity contribution is -0.147. The number of nitrogens with one attached hydrogen (secondary N) is 2. The molecule has 32 heavy (non-hydrogen) atoms. The highest BCUT2D eigenvalue weighted by Crippen LogP contribution is 2.29. The Morgan fingerprint density at radius 3 is 2.53 bits per heavy atom. The molecule has 3 aromatic rings. The normalized spacial score (nSPS) is 10.3. The number of nitriles is 1. The Morgan fingerprint density at radius 2 is 1.88 bits per heavy atom. The van der Waals surface area contributed by atoms with Crippen molar-refractivity contribution in [1.29, 1.82) is 5.26 Å². The molecule has 2 N–H and O–H groups in total. The minimum Gasteiger partial charge on any atom is -0.456 e. The number of para-hydroxylation sites is 1. The summed E-state index contributed by atoms with van der Waals surface area (Å²) in [5.74, 6) is -1.11. The molecule has 0 aliphatic heterocycles. The van der Waals surface area contributed by atoms with Crippen LogP contribution in [0.15, 0.2) is 47.8 Å². The molecule has 0 bridgehead atoms. The average Bonchev–Trinajstić information content (AvgIpc) is 3.40. The summed E-state index contributed by atoms with van der Waals surface area (Å²) in [4.78, 5) is 36.8.